The van der Waals surface area contributed by atoms with Crippen molar-refractivity contribution in [2.24, 2.45) is 5.84 Å². The van der Waals surface area contributed by atoms with Crippen LogP contribution in [0.5, 0.6) is 0 Å². The molecule has 0 aliphatic heterocycles. The summed E-state index contributed by atoms with van der Waals surface area (Å²) in [6.07, 6.45) is 4.14. The lowest BCUT2D eigenvalue weighted by Crippen LogP contribution is -2.31. The van der Waals surface area contributed by atoms with Gasteiger partial charge in [0, 0.05) is 19.2 Å². The minimum Gasteiger partial charge on any atom is -0.357 e. The Hall–Kier alpha value is -1.01. The molecule has 0 aromatic carbocycles. The summed E-state index contributed by atoms with van der Waals surface area (Å²) < 4.78 is 0. The average molecular weight is 255 g/mol. The first-order chi connectivity index (χ1) is 8.15. The number of nitrogen functional groups attached to an aromatic ring is 1. The van der Waals surface area contributed by atoms with E-state index >= 15 is 0 Å². The first kappa shape index (κ1) is 14.1. The summed E-state index contributed by atoms with van der Waals surface area (Å²) in [5, 5.41) is 0.730. The number of hydrogen-bond donors (Lipinski definition) is 2. The lowest BCUT2D eigenvalue weighted by molar-refractivity contribution is 0.584. The van der Waals surface area contributed by atoms with Gasteiger partial charge < -0.3 is 10.3 Å². The van der Waals surface area contributed by atoms with Crippen molar-refractivity contribution in [3.05, 3.63) is 6.07 Å². The van der Waals surface area contributed by atoms with Crippen molar-refractivity contribution in [1.82, 2.24) is 9.97 Å². The number of nitrogens with two attached hydrogens (primary N) is 1. The van der Waals surface area contributed by atoms with Crippen molar-refractivity contribution in [2.45, 2.75) is 37.9 Å². The van der Waals surface area contributed by atoms with E-state index in [4.69, 9.17) is 5.84 Å². The summed E-state index contributed by atoms with van der Waals surface area (Å²) >= 11 is 1.51. The third-order valence-corrected chi connectivity index (χ3v) is 3.42. The molecule has 0 saturated carbocycles. The smallest absolute Gasteiger partial charge is 0.191 e. The minimum absolute atomic E-state index is 0.491. The Morgan fingerprint density at radius 2 is 2.06 bits per heavy atom. The molecule has 17 heavy (non-hydrogen) atoms. The molecule has 1 aromatic heterocycles. The Morgan fingerprint density at radius 3 is 2.53 bits per heavy atom. The molecular formula is C11H21N5S. The van der Waals surface area contributed by atoms with Gasteiger partial charge in [-0.1, -0.05) is 25.6 Å². The van der Waals surface area contributed by atoms with Crippen molar-refractivity contribution in [2.75, 3.05) is 23.6 Å². The highest BCUT2D eigenvalue weighted by atomic mass is 32.2. The predicted molar refractivity (Wildman–Crippen MR) is 74.4 cm³/mol. The quantitative estimate of drug-likeness (QED) is 0.351. The number of nitrogens with one attached hydrogen (secondary N) is 1. The van der Waals surface area contributed by atoms with E-state index in [2.05, 4.69) is 41.2 Å². The van der Waals surface area contributed by atoms with E-state index in [0.29, 0.717) is 11.9 Å². The molecule has 0 bridgehead atoms. The van der Waals surface area contributed by atoms with Crippen LogP contribution in [-0.2, 0) is 0 Å². The van der Waals surface area contributed by atoms with E-state index in [1.54, 1.807) is 0 Å². The molecule has 6 heteroatoms. The van der Waals surface area contributed by atoms with Crippen molar-refractivity contribution in [3.8, 4) is 0 Å². The summed E-state index contributed by atoms with van der Waals surface area (Å²) in [5.74, 6) is 6.97. The molecule has 0 aliphatic carbocycles. The molecule has 0 atom stereocenters. The van der Waals surface area contributed by atoms with Crippen LogP contribution in [0.4, 0.5) is 11.6 Å². The normalized spacial score (nSPS) is 10.7. The highest BCUT2D eigenvalue weighted by molar-refractivity contribution is 7.98. The Kier molecular flexibility index (Phi) is 5.50. The lowest BCUT2D eigenvalue weighted by atomic mass is 10.1. The first-order valence-electron chi connectivity index (χ1n) is 5.78. The Bertz CT molecular complexity index is 331. The molecule has 0 saturated heterocycles. The van der Waals surface area contributed by atoms with Crippen LogP contribution in [0, 0.1) is 0 Å². The third kappa shape index (κ3) is 3.47. The van der Waals surface area contributed by atoms with Gasteiger partial charge in [-0.2, -0.15) is 0 Å². The second kappa shape index (κ2) is 6.66. The average Bonchev–Trinajstić information content (AvgIpc) is 2.39. The Balaban J connectivity index is 3.02. The van der Waals surface area contributed by atoms with Crippen LogP contribution in [0.3, 0.4) is 0 Å². The fourth-order valence-corrected chi connectivity index (χ4v) is 2.16. The fraction of sp³-hybridized carbons (Fsp3) is 0.636. The lowest BCUT2D eigenvalue weighted by Gasteiger charge is -2.27. The maximum atomic E-state index is 5.42. The predicted octanol–water partition coefficient (Wildman–Crippen LogP) is 2.11. The highest BCUT2D eigenvalue weighted by Gasteiger charge is 2.14. The van der Waals surface area contributed by atoms with Gasteiger partial charge in [0.25, 0.3) is 0 Å². The number of hydrogen-bond acceptors (Lipinski definition) is 6. The zero-order valence-electron chi connectivity index (χ0n) is 10.9. The number of rotatable bonds is 6. The zero-order valence-corrected chi connectivity index (χ0v) is 11.7. The van der Waals surface area contributed by atoms with Gasteiger partial charge in [0.05, 0.1) is 0 Å². The van der Waals surface area contributed by atoms with Gasteiger partial charge >= 0.3 is 0 Å². The summed E-state index contributed by atoms with van der Waals surface area (Å²) in [6.45, 7) is 4.37. The van der Waals surface area contributed by atoms with E-state index in [9.17, 15) is 0 Å². The molecule has 0 spiro atoms. The van der Waals surface area contributed by atoms with Gasteiger partial charge in [0.2, 0.25) is 0 Å². The van der Waals surface area contributed by atoms with Gasteiger partial charge in [0.15, 0.2) is 5.16 Å². The molecule has 0 unspecified atom stereocenters. The molecule has 0 fully saturated rings. The van der Waals surface area contributed by atoms with Crippen LogP contribution >= 0.6 is 11.8 Å². The Morgan fingerprint density at radius 1 is 1.41 bits per heavy atom. The van der Waals surface area contributed by atoms with Crippen LogP contribution in [0.1, 0.15) is 26.7 Å². The van der Waals surface area contributed by atoms with Gasteiger partial charge in [-0.3, -0.25) is 0 Å². The molecule has 1 aromatic rings. The van der Waals surface area contributed by atoms with Crippen molar-refractivity contribution < 1.29 is 0 Å². The van der Waals surface area contributed by atoms with Crippen LogP contribution < -0.4 is 16.2 Å². The summed E-state index contributed by atoms with van der Waals surface area (Å²) in [6, 6.07) is 2.36. The maximum absolute atomic E-state index is 5.42. The molecule has 0 amide bonds. The molecule has 5 nitrogen and oxygen atoms in total. The number of thioether (sulfide) groups is 1. The van der Waals surface area contributed by atoms with Crippen molar-refractivity contribution in [3.63, 3.8) is 0 Å². The van der Waals surface area contributed by atoms with Gasteiger partial charge in [-0.05, 0) is 19.1 Å². The zero-order chi connectivity index (χ0) is 12.8. The molecule has 0 aliphatic rings. The highest BCUT2D eigenvalue weighted by Crippen LogP contribution is 2.22. The molecule has 1 rings (SSSR count). The fourth-order valence-electron chi connectivity index (χ4n) is 1.78. The number of aromatic nitrogens is 2. The van der Waals surface area contributed by atoms with Gasteiger partial charge in [-0.15, -0.1) is 0 Å². The van der Waals surface area contributed by atoms with Crippen molar-refractivity contribution >= 4 is 23.4 Å². The monoisotopic (exact) mass is 255 g/mol. The molecule has 96 valence electrons. The third-order valence-electron chi connectivity index (χ3n) is 2.87. The topological polar surface area (TPSA) is 67.1 Å². The second-order valence-corrected chi connectivity index (χ2v) is 4.60. The van der Waals surface area contributed by atoms with Crippen LogP contribution in [-0.4, -0.2) is 29.3 Å². The van der Waals surface area contributed by atoms with Gasteiger partial charge in [-0.25, -0.2) is 15.8 Å². The van der Waals surface area contributed by atoms with Crippen LogP contribution in [0.15, 0.2) is 11.2 Å². The molecule has 0 radical (unpaired) electrons. The Labute approximate surface area is 107 Å². The van der Waals surface area contributed by atoms with Crippen molar-refractivity contribution in [1.29, 1.82) is 0 Å². The van der Waals surface area contributed by atoms with E-state index in [1.165, 1.54) is 11.8 Å². The molecular weight excluding hydrogens is 234 g/mol. The van der Waals surface area contributed by atoms with E-state index < -0.39 is 0 Å². The van der Waals surface area contributed by atoms with E-state index in [-0.39, 0.29) is 0 Å². The van der Waals surface area contributed by atoms with Gasteiger partial charge in [0.1, 0.15) is 11.6 Å². The number of hydrazine groups is 1. The SMILES string of the molecule is CCC(CC)N(C)c1cc(NN)nc(SC)n1. The van der Waals surface area contributed by atoms with E-state index in [0.717, 1.165) is 23.8 Å². The van der Waals surface area contributed by atoms with Crippen LogP contribution in [0.25, 0.3) is 0 Å². The standard InChI is InChI=1S/C11H21N5S/c1-5-8(6-2)16(3)10-7-9(15-12)13-11(14-10)17-4/h7-8H,5-6,12H2,1-4H3,(H,13,14,15). The number of nitrogens with zero attached hydrogens (tertiary/aromatic N) is 3. The summed E-state index contributed by atoms with van der Waals surface area (Å²) in [4.78, 5) is 10.9. The maximum Gasteiger partial charge on any atom is 0.191 e. The van der Waals surface area contributed by atoms with E-state index in [1.807, 2.05) is 12.3 Å². The summed E-state index contributed by atoms with van der Waals surface area (Å²) in [7, 11) is 2.06. The largest absolute Gasteiger partial charge is 0.357 e. The first-order valence-corrected chi connectivity index (χ1v) is 7.01. The second-order valence-electron chi connectivity index (χ2n) is 3.82. The van der Waals surface area contributed by atoms with Crippen LogP contribution in [0.2, 0.25) is 0 Å². The molecule has 3 N–H and O–H groups in total. The molecule has 1 heterocycles. The summed E-state index contributed by atoms with van der Waals surface area (Å²) in [5.41, 5.74) is 2.58. The number of anilines is 2. The minimum atomic E-state index is 0.491.